The fourth-order valence-electron chi connectivity index (χ4n) is 3.73. The maximum absolute atomic E-state index is 12.7. The van der Waals surface area contributed by atoms with E-state index in [9.17, 15) is 4.79 Å². The van der Waals surface area contributed by atoms with Crippen LogP contribution >= 0.6 is 0 Å². The van der Waals surface area contributed by atoms with Crippen molar-refractivity contribution in [2.24, 2.45) is 0 Å². The Morgan fingerprint density at radius 2 is 1.85 bits per heavy atom. The summed E-state index contributed by atoms with van der Waals surface area (Å²) in [5.74, 6) is 0.884. The number of rotatable bonds is 6. The second-order valence-electron chi connectivity index (χ2n) is 7.10. The minimum atomic E-state index is 0.110. The summed E-state index contributed by atoms with van der Waals surface area (Å²) in [4.78, 5) is 21.6. The van der Waals surface area contributed by atoms with Crippen LogP contribution < -0.4 is 4.90 Å². The lowest BCUT2D eigenvalue weighted by Gasteiger charge is -2.34. The fourth-order valence-corrected chi connectivity index (χ4v) is 3.73. The molecule has 2 heterocycles. The monoisotopic (exact) mass is 351 g/mol. The standard InChI is InChI=1S/C22H29N3O/c1-3-22(26)25(18(2)17-24-14-8-5-9-15-24)21-16-20(12-13-23-21)19-10-6-4-7-11-19/h4,6-7,10-13,16,18H,3,5,8-9,14-15,17H2,1-2H3. The van der Waals surface area contributed by atoms with Gasteiger partial charge >= 0.3 is 0 Å². The number of aromatic nitrogens is 1. The van der Waals surface area contributed by atoms with Gasteiger partial charge in [-0.2, -0.15) is 0 Å². The molecule has 1 unspecified atom stereocenters. The van der Waals surface area contributed by atoms with Gasteiger partial charge in [0.25, 0.3) is 0 Å². The first-order valence-corrected chi connectivity index (χ1v) is 9.75. The second-order valence-corrected chi connectivity index (χ2v) is 7.10. The molecule has 0 radical (unpaired) electrons. The van der Waals surface area contributed by atoms with Gasteiger partial charge < -0.3 is 4.90 Å². The Balaban J connectivity index is 1.84. The number of nitrogens with zero attached hydrogens (tertiary/aromatic N) is 3. The Labute approximate surface area is 156 Å². The van der Waals surface area contributed by atoms with Crippen LogP contribution in [-0.2, 0) is 4.79 Å². The van der Waals surface area contributed by atoms with Crippen molar-refractivity contribution in [3.05, 3.63) is 48.7 Å². The highest BCUT2D eigenvalue weighted by Crippen LogP contribution is 2.25. The number of carbonyl (C=O) groups is 1. The first-order chi connectivity index (χ1) is 12.7. The van der Waals surface area contributed by atoms with Crippen LogP contribution in [0.15, 0.2) is 48.7 Å². The summed E-state index contributed by atoms with van der Waals surface area (Å²) in [6.07, 6.45) is 6.14. The molecule has 3 rings (SSSR count). The molecule has 0 bridgehead atoms. The van der Waals surface area contributed by atoms with E-state index in [1.165, 1.54) is 19.3 Å². The average Bonchev–Trinajstić information content (AvgIpc) is 2.69. The van der Waals surface area contributed by atoms with Gasteiger partial charge in [0.15, 0.2) is 0 Å². The SMILES string of the molecule is CCC(=O)N(c1cc(-c2ccccc2)ccn1)C(C)CN1CCCCC1. The summed E-state index contributed by atoms with van der Waals surface area (Å²) in [7, 11) is 0. The lowest BCUT2D eigenvalue weighted by Crippen LogP contribution is -2.47. The topological polar surface area (TPSA) is 36.4 Å². The smallest absolute Gasteiger partial charge is 0.228 e. The van der Waals surface area contributed by atoms with Gasteiger partial charge in [-0.3, -0.25) is 9.69 Å². The van der Waals surface area contributed by atoms with Crippen LogP contribution in [0.3, 0.4) is 0 Å². The van der Waals surface area contributed by atoms with Crippen LogP contribution in [0.25, 0.3) is 11.1 Å². The summed E-state index contributed by atoms with van der Waals surface area (Å²) in [5, 5.41) is 0. The Morgan fingerprint density at radius 3 is 2.54 bits per heavy atom. The van der Waals surface area contributed by atoms with E-state index in [0.717, 1.165) is 36.6 Å². The van der Waals surface area contributed by atoms with Gasteiger partial charge in [0.1, 0.15) is 5.82 Å². The number of likely N-dealkylation sites (tertiary alicyclic amines) is 1. The molecule has 0 spiro atoms. The molecule has 138 valence electrons. The quantitative estimate of drug-likeness (QED) is 0.775. The lowest BCUT2D eigenvalue weighted by atomic mass is 10.1. The largest absolute Gasteiger partial charge is 0.301 e. The molecule has 2 aromatic rings. The maximum Gasteiger partial charge on any atom is 0.228 e. The molecule has 1 fully saturated rings. The average molecular weight is 351 g/mol. The summed E-state index contributed by atoms with van der Waals surface area (Å²) in [5.41, 5.74) is 2.23. The number of hydrogen-bond donors (Lipinski definition) is 0. The van der Waals surface area contributed by atoms with Gasteiger partial charge in [-0.1, -0.05) is 43.7 Å². The van der Waals surface area contributed by atoms with Gasteiger partial charge in [-0.15, -0.1) is 0 Å². The summed E-state index contributed by atoms with van der Waals surface area (Å²) >= 11 is 0. The normalized spacial score (nSPS) is 16.2. The molecule has 1 aliphatic rings. The highest BCUT2D eigenvalue weighted by Gasteiger charge is 2.24. The predicted molar refractivity (Wildman–Crippen MR) is 107 cm³/mol. The van der Waals surface area contributed by atoms with Crippen LogP contribution in [0.1, 0.15) is 39.5 Å². The molecule has 26 heavy (non-hydrogen) atoms. The Morgan fingerprint density at radius 1 is 1.12 bits per heavy atom. The van der Waals surface area contributed by atoms with E-state index in [1.54, 1.807) is 6.20 Å². The molecule has 1 aromatic heterocycles. The number of anilines is 1. The molecule has 1 aliphatic heterocycles. The number of benzene rings is 1. The lowest BCUT2D eigenvalue weighted by molar-refractivity contribution is -0.118. The molecule has 0 saturated carbocycles. The summed E-state index contributed by atoms with van der Waals surface area (Å²) in [6.45, 7) is 7.23. The molecular weight excluding hydrogens is 322 g/mol. The number of piperidine rings is 1. The molecule has 1 atom stereocenters. The fraction of sp³-hybridized carbons (Fsp3) is 0.455. The van der Waals surface area contributed by atoms with E-state index in [1.807, 2.05) is 42.2 Å². The van der Waals surface area contributed by atoms with Crippen molar-refractivity contribution < 1.29 is 4.79 Å². The summed E-state index contributed by atoms with van der Waals surface area (Å²) in [6, 6.07) is 14.4. The van der Waals surface area contributed by atoms with Crippen LogP contribution in [0.2, 0.25) is 0 Å². The zero-order valence-corrected chi connectivity index (χ0v) is 15.9. The third-order valence-corrected chi connectivity index (χ3v) is 5.08. The van der Waals surface area contributed by atoms with E-state index in [4.69, 9.17) is 0 Å². The van der Waals surface area contributed by atoms with Crippen molar-refractivity contribution in [3.63, 3.8) is 0 Å². The molecule has 1 amide bonds. The van der Waals surface area contributed by atoms with Crippen molar-refractivity contribution in [2.45, 2.75) is 45.6 Å². The minimum absolute atomic E-state index is 0.110. The van der Waals surface area contributed by atoms with Crippen LogP contribution in [-0.4, -0.2) is 41.5 Å². The van der Waals surface area contributed by atoms with Crippen molar-refractivity contribution >= 4 is 11.7 Å². The molecular formula is C22H29N3O. The second kappa shape index (κ2) is 8.95. The van der Waals surface area contributed by atoms with E-state index in [2.05, 4.69) is 28.9 Å². The van der Waals surface area contributed by atoms with E-state index in [-0.39, 0.29) is 11.9 Å². The third-order valence-electron chi connectivity index (χ3n) is 5.08. The van der Waals surface area contributed by atoms with Crippen LogP contribution in [0.4, 0.5) is 5.82 Å². The van der Waals surface area contributed by atoms with Crippen LogP contribution in [0.5, 0.6) is 0 Å². The predicted octanol–water partition coefficient (Wildman–Crippen LogP) is 4.37. The first kappa shape index (κ1) is 18.6. The van der Waals surface area contributed by atoms with Gasteiger partial charge in [0.2, 0.25) is 5.91 Å². The zero-order valence-electron chi connectivity index (χ0n) is 15.9. The van der Waals surface area contributed by atoms with E-state index in [0.29, 0.717) is 6.42 Å². The molecule has 4 heteroatoms. The number of hydrogen-bond acceptors (Lipinski definition) is 3. The van der Waals surface area contributed by atoms with E-state index < -0.39 is 0 Å². The Hall–Kier alpha value is -2.20. The zero-order chi connectivity index (χ0) is 18.4. The maximum atomic E-state index is 12.7. The van der Waals surface area contributed by atoms with Gasteiger partial charge in [0.05, 0.1) is 0 Å². The molecule has 0 N–H and O–H groups in total. The van der Waals surface area contributed by atoms with E-state index >= 15 is 0 Å². The van der Waals surface area contributed by atoms with Crippen molar-refractivity contribution in [2.75, 3.05) is 24.5 Å². The number of amides is 1. The van der Waals surface area contributed by atoms with Crippen molar-refractivity contribution in [1.82, 2.24) is 9.88 Å². The number of pyridine rings is 1. The van der Waals surface area contributed by atoms with Gasteiger partial charge in [0, 0.05) is 25.2 Å². The first-order valence-electron chi connectivity index (χ1n) is 9.75. The molecule has 1 saturated heterocycles. The molecule has 1 aromatic carbocycles. The molecule has 0 aliphatic carbocycles. The number of carbonyl (C=O) groups excluding carboxylic acids is 1. The Kier molecular flexibility index (Phi) is 6.40. The highest BCUT2D eigenvalue weighted by atomic mass is 16.2. The minimum Gasteiger partial charge on any atom is -0.301 e. The summed E-state index contributed by atoms with van der Waals surface area (Å²) < 4.78 is 0. The van der Waals surface area contributed by atoms with Crippen molar-refractivity contribution in [1.29, 1.82) is 0 Å². The highest BCUT2D eigenvalue weighted by molar-refractivity contribution is 5.93. The van der Waals surface area contributed by atoms with Gasteiger partial charge in [-0.25, -0.2) is 4.98 Å². The molecule has 4 nitrogen and oxygen atoms in total. The van der Waals surface area contributed by atoms with Crippen molar-refractivity contribution in [3.8, 4) is 11.1 Å². The third kappa shape index (κ3) is 4.50. The van der Waals surface area contributed by atoms with Crippen LogP contribution in [0, 0.1) is 0 Å². The van der Waals surface area contributed by atoms with Gasteiger partial charge in [-0.05, 0) is 56.1 Å². The Bertz CT molecular complexity index is 710.